The molecule has 0 amide bonds. The van der Waals surface area contributed by atoms with Crippen LogP contribution in [0.25, 0.3) is 0 Å². The third kappa shape index (κ3) is 3.91. The van der Waals surface area contributed by atoms with Crippen LogP contribution in [0.2, 0.25) is 0 Å². The number of nitrogens with one attached hydrogen (secondary N) is 1. The lowest BCUT2D eigenvalue weighted by Crippen LogP contribution is -2.20. The number of hydrogen-bond donors (Lipinski definition) is 1. The van der Waals surface area contributed by atoms with Gasteiger partial charge in [0.25, 0.3) is 0 Å². The normalized spacial score (nSPS) is 12.8. The van der Waals surface area contributed by atoms with E-state index in [1.54, 1.807) is 11.3 Å². The zero-order valence-corrected chi connectivity index (χ0v) is 13.0. The predicted octanol–water partition coefficient (Wildman–Crippen LogP) is 4.86. The fourth-order valence-electron chi connectivity index (χ4n) is 1.85. The van der Waals surface area contributed by atoms with Crippen molar-refractivity contribution < 1.29 is 0 Å². The molecule has 0 spiro atoms. The molecule has 4 heteroatoms. The third-order valence-corrected chi connectivity index (χ3v) is 5.22. The fraction of sp³-hybridized carbons (Fsp3) is 0.385. The van der Waals surface area contributed by atoms with Crippen LogP contribution in [0.1, 0.15) is 29.8 Å². The molecular weight excluding hydrogens is 314 g/mol. The zero-order chi connectivity index (χ0) is 12.1. The Labute approximate surface area is 119 Å². The van der Waals surface area contributed by atoms with Crippen molar-refractivity contribution in [2.24, 2.45) is 0 Å². The van der Waals surface area contributed by atoms with Gasteiger partial charge in [-0.3, -0.25) is 0 Å². The van der Waals surface area contributed by atoms with Crippen molar-refractivity contribution in [1.29, 1.82) is 0 Å². The second-order valence-electron chi connectivity index (χ2n) is 3.95. The highest BCUT2D eigenvalue weighted by molar-refractivity contribution is 9.10. The lowest BCUT2D eigenvalue weighted by molar-refractivity contribution is 0.523. The Morgan fingerprint density at radius 3 is 2.88 bits per heavy atom. The minimum atomic E-state index is 0.483. The van der Waals surface area contributed by atoms with Gasteiger partial charge in [0.05, 0.1) is 0 Å². The van der Waals surface area contributed by atoms with Gasteiger partial charge in [0.2, 0.25) is 0 Å². The average Bonchev–Trinajstić information content (AvgIpc) is 2.95. The summed E-state index contributed by atoms with van der Waals surface area (Å²) in [6.45, 7) is 3.18. The average molecular weight is 330 g/mol. The number of halogens is 1. The predicted molar refractivity (Wildman–Crippen MR) is 81.1 cm³/mol. The molecule has 1 N–H and O–H groups in total. The first-order valence-electron chi connectivity index (χ1n) is 5.78. The molecule has 1 atom stereocenters. The maximum atomic E-state index is 3.57. The van der Waals surface area contributed by atoms with Crippen molar-refractivity contribution in [2.75, 3.05) is 6.54 Å². The summed E-state index contributed by atoms with van der Waals surface area (Å²) in [5, 5.41) is 10.1. The number of aryl methyl sites for hydroxylation is 1. The largest absolute Gasteiger partial charge is 0.310 e. The SMILES string of the molecule is CCNC(CCc1ccsc1)c1cc(Br)cs1. The second-order valence-corrected chi connectivity index (χ2v) is 6.59. The van der Waals surface area contributed by atoms with Gasteiger partial charge in [-0.1, -0.05) is 6.92 Å². The van der Waals surface area contributed by atoms with Gasteiger partial charge in [-0.15, -0.1) is 11.3 Å². The molecule has 0 saturated heterocycles. The van der Waals surface area contributed by atoms with E-state index in [0.29, 0.717) is 6.04 Å². The highest BCUT2D eigenvalue weighted by Gasteiger charge is 2.12. The van der Waals surface area contributed by atoms with Crippen LogP contribution in [0.4, 0.5) is 0 Å². The summed E-state index contributed by atoms with van der Waals surface area (Å²) in [6.07, 6.45) is 2.31. The van der Waals surface area contributed by atoms with E-state index in [0.717, 1.165) is 19.4 Å². The fourth-order valence-corrected chi connectivity index (χ4v) is 4.11. The minimum absolute atomic E-state index is 0.483. The van der Waals surface area contributed by atoms with E-state index in [2.05, 4.69) is 56.4 Å². The van der Waals surface area contributed by atoms with Crippen LogP contribution in [-0.2, 0) is 6.42 Å². The Balaban J connectivity index is 1.97. The molecule has 17 heavy (non-hydrogen) atoms. The monoisotopic (exact) mass is 329 g/mol. The molecule has 0 aromatic carbocycles. The van der Waals surface area contributed by atoms with Crippen molar-refractivity contribution >= 4 is 38.6 Å². The Morgan fingerprint density at radius 2 is 2.29 bits per heavy atom. The van der Waals surface area contributed by atoms with Crippen LogP contribution >= 0.6 is 38.6 Å². The summed E-state index contributed by atoms with van der Waals surface area (Å²) in [5.41, 5.74) is 1.45. The lowest BCUT2D eigenvalue weighted by Gasteiger charge is -2.15. The van der Waals surface area contributed by atoms with Gasteiger partial charge >= 0.3 is 0 Å². The second kappa shape index (κ2) is 6.69. The first-order valence-corrected chi connectivity index (χ1v) is 8.39. The van der Waals surface area contributed by atoms with Gasteiger partial charge in [0.1, 0.15) is 0 Å². The summed E-state index contributed by atoms with van der Waals surface area (Å²) in [7, 11) is 0. The Bertz CT molecular complexity index is 436. The summed E-state index contributed by atoms with van der Waals surface area (Å²) in [6, 6.07) is 4.93. The quantitative estimate of drug-likeness (QED) is 0.798. The van der Waals surface area contributed by atoms with Crippen LogP contribution in [0, 0.1) is 0 Å². The molecular formula is C13H16BrNS2. The zero-order valence-electron chi connectivity index (χ0n) is 9.78. The summed E-state index contributed by atoms with van der Waals surface area (Å²) in [4.78, 5) is 1.42. The van der Waals surface area contributed by atoms with Crippen molar-refractivity contribution in [1.82, 2.24) is 5.32 Å². The highest BCUT2D eigenvalue weighted by atomic mass is 79.9. The Kier molecular flexibility index (Phi) is 5.22. The first-order chi connectivity index (χ1) is 8.29. The van der Waals surface area contributed by atoms with Gasteiger partial charge < -0.3 is 5.32 Å². The molecule has 1 nitrogen and oxygen atoms in total. The number of rotatable bonds is 6. The number of hydrogen-bond acceptors (Lipinski definition) is 3. The molecule has 0 aliphatic rings. The molecule has 0 fully saturated rings. The van der Waals surface area contributed by atoms with Gasteiger partial charge in [0, 0.05) is 20.8 Å². The van der Waals surface area contributed by atoms with E-state index < -0.39 is 0 Å². The van der Waals surface area contributed by atoms with Crippen LogP contribution in [-0.4, -0.2) is 6.54 Å². The molecule has 2 heterocycles. The smallest absolute Gasteiger partial charge is 0.0418 e. The van der Waals surface area contributed by atoms with Crippen molar-refractivity contribution in [2.45, 2.75) is 25.8 Å². The molecule has 0 bridgehead atoms. The molecule has 2 rings (SSSR count). The Morgan fingerprint density at radius 1 is 1.41 bits per heavy atom. The van der Waals surface area contributed by atoms with Gasteiger partial charge in [0.15, 0.2) is 0 Å². The van der Waals surface area contributed by atoms with Gasteiger partial charge in [-0.05, 0) is 63.8 Å². The minimum Gasteiger partial charge on any atom is -0.310 e. The molecule has 2 aromatic rings. The summed E-state index contributed by atoms with van der Waals surface area (Å²) < 4.78 is 1.19. The molecule has 0 aliphatic carbocycles. The third-order valence-electron chi connectivity index (χ3n) is 2.68. The summed E-state index contributed by atoms with van der Waals surface area (Å²) >= 11 is 7.13. The van der Waals surface area contributed by atoms with Crippen LogP contribution in [0.3, 0.4) is 0 Å². The lowest BCUT2D eigenvalue weighted by atomic mass is 10.1. The van der Waals surface area contributed by atoms with E-state index in [9.17, 15) is 0 Å². The molecule has 2 aromatic heterocycles. The topological polar surface area (TPSA) is 12.0 Å². The highest BCUT2D eigenvalue weighted by Crippen LogP contribution is 2.28. The summed E-state index contributed by atoms with van der Waals surface area (Å²) in [5.74, 6) is 0. The standard InChI is InChI=1S/C13H16BrNS2/c1-2-15-12(13-7-11(14)9-17-13)4-3-10-5-6-16-8-10/h5-9,12,15H,2-4H2,1H3. The van der Waals surface area contributed by atoms with Crippen LogP contribution in [0.15, 0.2) is 32.7 Å². The first kappa shape index (κ1) is 13.3. The molecule has 92 valence electrons. The van der Waals surface area contributed by atoms with E-state index >= 15 is 0 Å². The van der Waals surface area contributed by atoms with E-state index in [-0.39, 0.29) is 0 Å². The maximum Gasteiger partial charge on any atom is 0.0418 e. The molecule has 0 aliphatic heterocycles. The van der Waals surface area contributed by atoms with Crippen molar-refractivity contribution in [3.63, 3.8) is 0 Å². The van der Waals surface area contributed by atoms with E-state index in [4.69, 9.17) is 0 Å². The molecule has 0 saturated carbocycles. The number of thiophene rings is 2. The van der Waals surface area contributed by atoms with Crippen molar-refractivity contribution in [3.8, 4) is 0 Å². The molecule has 1 unspecified atom stereocenters. The van der Waals surface area contributed by atoms with E-state index in [1.165, 1.54) is 14.9 Å². The van der Waals surface area contributed by atoms with Crippen molar-refractivity contribution in [3.05, 3.63) is 43.2 Å². The van der Waals surface area contributed by atoms with Crippen LogP contribution < -0.4 is 5.32 Å². The van der Waals surface area contributed by atoms with Gasteiger partial charge in [-0.25, -0.2) is 0 Å². The molecule has 0 radical (unpaired) electrons. The van der Waals surface area contributed by atoms with Gasteiger partial charge in [-0.2, -0.15) is 11.3 Å². The Hall–Kier alpha value is -0.160. The van der Waals surface area contributed by atoms with Crippen LogP contribution in [0.5, 0.6) is 0 Å². The maximum absolute atomic E-state index is 3.57. The van der Waals surface area contributed by atoms with E-state index in [1.807, 2.05) is 11.3 Å².